The molecule has 144 valence electrons. The van der Waals surface area contributed by atoms with E-state index in [9.17, 15) is 9.59 Å². The lowest BCUT2D eigenvalue weighted by molar-refractivity contribution is -0.135. The highest BCUT2D eigenvalue weighted by atomic mass is 16.6. The van der Waals surface area contributed by atoms with Gasteiger partial charge in [0.15, 0.2) is 0 Å². The molecular weight excluding hydrogens is 320 g/mol. The van der Waals surface area contributed by atoms with E-state index in [2.05, 4.69) is 24.1 Å². The molecule has 6 heteroatoms. The van der Waals surface area contributed by atoms with Crippen LogP contribution in [0.1, 0.15) is 46.1 Å². The number of ether oxygens (including phenoxy) is 1. The van der Waals surface area contributed by atoms with Crippen molar-refractivity contribution in [3.05, 3.63) is 29.8 Å². The van der Waals surface area contributed by atoms with Gasteiger partial charge in [-0.05, 0) is 51.2 Å². The van der Waals surface area contributed by atoms with E-state index in [4.69, 9.17) is 9.84 Å². The fourth-order valence-electron chi connectivity index (χ4n) is 1.65. The molecule has 6 nitrogen and oxygen atoms in total. The molecule has 0 aliphatic heterocycles. The van der Waals surface area contributed by atoms with Gasteiger partial charge in [0.1, 0.15) is 12.3 Å². The van der Waals surface area contributed by atoms with Crippen molar-refractivity contribution in [1.29, 1.82) is 0 Å². The molecule has 25 heavy (non-hydrogen) atoms. The van der Waals surface area contributed by atoms with E-state index < -0.39 is 18.6 Å². The molecule has 0 spiro atoms. The maximum atomic E-state index is 11.3. The first-order valence-electron chi connectivity index (χ1n) is 8.80. The van der Waals surface area contributed by atoms with E-state index in [0.717, 1.165) is 24.9 Å². The van der Waals surface area contributed by atoms with Crippen LogP contribution in [0.3, 0.4) is 0 Å². The van der Waals surface area contributed by atoms with Crippen molar-refractivity contribution in [3.63, 3.8) is 0 Å². The van der Waals surface area contributed by atoms with Gasteiger partial charge in [-0.25, -0.2) is 4.79 Å². The van der Waals surface area contributed by atoms with Crippen molar-refractivity contribution in [2.75, 3.05) is 27.2 Å². The number of carbonyl (C=O) groups is 2. The normalized spacial score (nSPS) is 9.24. The number of nitrogens with one attached hydrogen (secondary N) is 1. The molecular formula is C19H34N2O4. The molecule has 0 saturated carbocycles. The molecule has 0 fully saturated rings. The summed E-state index contributed by atoms with van der Waals surface area (Å²) in [7, 11) is 4.04. The molecule has 2 N–H and O–H groups in total. The second-order valence-electron chi connectivity index (χ2n) is 5.40. The predicted octanol–water partition coefficient (Wildman–Crippen LogP) is 3.80. The summed E-state index contributed by atoms with van der Waals surface area (Å²) < 4.78 is 5.01. The van der Waals surface area contributed by atoms with Crippen molar-refractivity contribution in [2.24, 2.45) is 0 Å². The van der Waals surface area contributed by atoms with Crippen molar-refractivity contribution in [3.8, 4) is 5.75 Å². The van der Waals surface area contributed by atoms with Crippen LogP contribution in [0.2, 0.25) is 0 Å². The Morgan fingerprint density at radius 1 is 1.20 bits per heavy atom. The van der Waals surface area contributed by atoms with E-state index in [1.807, 2.05) is 40.1 Å². The predicted molar refractivity (Wildman–Crippen MR) is 102 cm³/mol. The third-order valence-electron chi connectivity index (χ3n) is 2.56. The van der Waals surface area contributed by atoms with Crippen LogP contribution in [0.15, 0.2) is 24.3 Å². The molecule has 0 atom stereocenters. The number of benzene rings is 1. The number of rotatable bonds is 7. The highest BCUT2D eigenvalue weighted by molar-refractivity contribution is 5.77. The first-order valence-corrected chi connectivity index (χ1v) is 8.80. The second-order valence-corrected chi connectivity index (χ2v) is 5.40. The van der Waals surface area contributed by atoms with Crippen LogP contribution in [-0.4, -0.2) is 49.3 Å². The maximum absolute atomic E-state index is 11.3. The molecule has 1 rings (SSSR count). The smallest absolute Gasteiger partial charge is 0.413 e. The Morgan fingerprint density at radius 2 is 1.80 bits per heavy atom. The topological polar surface area (TPSA) is 78.9 Å². The van der Waals surface area contributed by atoms with Crippen molar-refractivity contribution in [1.82, 2.24) is 10.2 Å². The first kappa shape index (κ1) is 25.2. The second kappa shape index (κ2) is 16.8. The zero-order chi connectivity index (χ0) is 19.7. The summed E-state index contributed by atoms with van der Waals surface area (Å²) in [6.07, 6.45) is 2.39. The molecule has 0 radical (unpaired) electrons. The minimum Gasteiger partial charge on any atom is -0.480 e. The number of amides is 1. The van der Waals surface area contributed by atoms with E-state index in [-0.39, 0.29) is 0 Å². The number of carboxylic acids is 1. The molecule has 1 amide bonds. The van der Waals surface area contributed by atoms with Crippen LogP contribution in [0.25, 0.3) is 0 Å². The monoisotopic (exact) mass is 354 g/mol. The van der Waals surface area contributed by atoms with Gasteiger partial charge in [0.05, 0.1) is 0 Å². The molecule has 0 saturated heterocycles. The van der Waals surface area contributed by atoms with Gasteiger partial charge in [-0.2, -0.15) is 0 Å². The van der Waals surface area contributed by atoms with E-state index in [0.29, 0.717) is 5.75 Å². The first-order chi connectivity index (χ1) is 11.9. The molecule has 0 aliphatic rings. The summed E-state index contributed by atoms with van der Waals surface area (Å²) in [4.78, 5) is 23.7. The average molecular weight is 354 g/mol. The minimum atomic E-state index is -1.11. The Bertz CT molecular complexity index is 476. The summed E-state index contributed by atoms with van der Waals surface area (Å²) in [5, 5.41) is 10.6. The highest BCUT2D eigenvalue weighted by Gasteiger charge is 2.06. The summed E-state index contributed by atoms with van der Waals surface area (Å²) in [5.41, 5.74) is 1.08. The largest absolute Gasteiger partial charge is 0.480 e. The fraction of sp³-hybridized carbons (Fsp3) is 0.579. The van der Waals surface area contributed by atoms with Gasteiger partial charge in [-0.3, -0.25) is 4.79 Å². The van der Waals surface area contributed by atoms with Crippen LogP contribution >= 0.6 is 0 Å². The number of aliphatic carboxylic acids is 1. The third kappa shape index (κ3) is 16.6. The maximum Gasteiger partial charge on any atom is 0.413 e. The van der Waals surface area contributed by atoms with Crippen molar-refractivity contribution in [2.45, 2.75) is 47.0 Å². The number of aryl methyl sites for hydroxylation is 1. The van der Waals surface area contributed by atoms with Crippen LogP contribution in [0.4, 0.5) is 4.79 Å². The van der Waals surface area contributed by atoms with Gasteiger partial charge in [0.2, 0.25) is 0 Å². The summed E-state index contributed by atoms with van der Waals surface area (Å²) in [6.45, 7) is 8.78. The van der Waals surface area contributed by atoms with E-state index >= 15 is 0 Å². The number of nitrogens with zero attached hydrogens (tertiary/aromatic N) is 1. The highest BCUT2D eigenvalue weighted by Crippen LogP contribution is 2.14. The molecule has 0 heterocycles. The minimum absolute atomic E-state index is 0.412. The summed E-state index contributed by atoms with van der Waals surface area (Å²) in [5.74, 6) is -0.699. The lowest BCUT2D eigenvalue weighted by Crippen LogP contribution is -2.31. The van der Waals surface area contributed by atoms with Crippen LogP contribution in [0.5, 0.6) is 5.75 Å². The van der Waals surface area contributed by atoms with E-state index in [1.165, 1.54) is 6.42 Å². The van der Waals surface area contributed by atoms with Gasteiger partial charge in [-0.15, -0.1) is 0 Å². The third-order valence-corrected chi connectivity index (χ3v) is 2.56. The lowest BCUT2D eigenvalue weighted by atomic mass is 10.1. The molecule has 0 unspecified atom stereocenters. The Labute approximate surface area is 152 Å². The summed E-state index contributed by atoms with van der Waals surface area (Å²) >= 11 is 0. The van der Waals surface area contributed by atoms with Crippen molar-refractivity contribution < 1.29 is 19.4 Å². The Morgan fingerprint density at radius 3 is 2.32 bits per heavy atom. The average Bonchev–Trinajstić information content (AvgIpc) is 2.56. The van der Waals surface area contributed by atoms with Crippen molar-refractivity contribution >= 4 is 12.1 Å². The van der Waals surface area contributed by atoms with Crippen LogP contribution in [0, 0.1) is 0 Å². The number of carbonyl (C=O) groups excluding carboxylic acids is 1. The SMILES string of the molecule is CC.CCC.CN(C)CCCc1cccc(OC(=O)NCC(=O)O)c1. The Hall–Kier alpha value is -2.08. The fourth-order valence-corrected chi connectivity index (χ4v) is 1.65. The molecule has 0 aromatic heterocycles. The number of carboxylic acid groups (broad SMARTS) is 1. The number of hydrogen-bond acceptors (Lipinski definition) is 4. The Balaban J connectivity index is 0. The van der Waals surface area contributed by atoms with Crippen LogP contribution < -0.4 is 10.1 Å². The van der Waals surface area contributed by atoms with Gasteiger partial charge < -0.3 is 20.1 Å². The lowest BCUT2D eigenvalue weighted by Gasteiger charge is -2.10. The summed E-state index contributed by atoms with van der Waals surface area (Å²) in [6, 6.07) is 7.23. The Kier molecular flexibility index (Phi) is 16.9. The van der Waals surface area contributed by atoms with Gasteiger partial charge in [0.25, 0.3) is 0 Å². The van der Waals surface area contributed by atoms with E-state index in [1.54, 1.807) is 12.1 Å². The van der Waals surface area contributed by atoms with Gasteiger partial charge in [0, 0.05) is 0 Å². The molecule has 1 aromatic carbocycles. The zero-order valence-corrected chi connectivity index (χ0v) is 16.5. The zero-order valence-electron chi connectivity index (χ0n) is 16.5. The van der Waals surface area contributed by atoms with Gasteiger partial charge in [-0.1, -0.05) is 46.2 Å². The standard InChI is InChI=1S/C14H20N2O4.C3H8.C2H6/c1-16(2)8-4-6-11-5-3-7-12(9-11)20-14(19)15-10-13(17)18;1-3-2;1-2/h3,5,7,9H,4,6,8,10H2,1-2H3,(H,15,19)(H,17,18);3H2,1-2H3;1-2H3. The van der Waals surface area contributed by atoms with Crippen LogP contribution in [-0.2, 0) is 11.2 Å². The number of hydrogen-bond donors (Lipinski definition) is 2. The van der Waals surface area contributed by atoms with Gasteiger partial charge >= 0.3 is 12.1 Å². The quantitative estimate of drug-likeness (QED) is 0.779. The molecule has 0 aliphatic carbocycles. The molecule has 0 bridgehead atoms. The molecule has 1 aromatic rings.